The molecule has 5 heteroatoms. The van der Waals surface area contributed by atoms with E-state index in [4.69, 9.17) is 22.2 Å². The standard InChI is InChI=1S/C15H16ClFN2O/c1-20-15-6-5-12(16)7-11(15)9-14(19-18)10-3-2-4-13(17)8-10/h2-8,14,19H,9,18H2,1H3. The topological polar surface area (TPSA) is 47.3 Å². The molecule has 20 heavy (non-hydrogen) atoms. The van der Waals surface area contributed by atoms with Crippen LogP contribution in [0.25, 0.3) is 0 Å². The molecule has 0 fully saturated rings. The maximum absolute atomic E-state index is 13.3. The van der Waals surface area contributed by atoms with Crippen LogP contribution in [0.2, 0.25) is 5.02 Å². The number of nitrogens with one attached hydrogen (secondary N) is 1. The number of methoxy groups -OCH3 is 1. The predicted octanol–water partition coefficient (Wildman–Crippen LogP) is 3.23. The van der Waals surface area contributed by atoms with Gasteiger partial charge in [-0.3, -0.25) is 11.3 Å². The van der Waals surface area contributed by atoms with Crippen LogP contribution in [0.3, 0.4) is 0 Å². The highest BCUT2D eigenvalue weighted by atomic mass is 35.5. The minimum absolute atomic E-state index is 0.224. The van der Waals surface area contributed by atoms with Gasteiger partial charge in [-0.05, 0) is 47.9 Å². The molecule has 1 atom stereocenters. The predicted molar refractivity (Wildman–Crippen MR) is 78.2 cm³/mol. The van der Waals surface area contributed by atoms with E-state index >= 15 is 0 Å². The Balaban J connectivity index is 2.28. The zero-order chi connectivity index (χ0) is 14.5. The van der Waals surface area contributed by atoms with E-state index in [9.17, 15) is 4.39 Å². The largest absolute Gasteiger partial charge is 0.496 e. The maximum Gasteiger partial charge on any atom is 0.123 e. The van der Waals surface area contributed by atoms with Gasteiger partial charge in [0.25, 0.3) is 0 Å². The average molecular weight is 295 g/mol. The van der Waals surface area contributed by atoms with E-state index in [1.165, 1.54) is 12.1 Å². The first-order chi connectivity index (χ1) is 9.63. The molecule has 0 amide bonds. The third-order valence-electron chi connectivity index (χ3n) is 3.12. The van der Waals surface area contributed by atoms with Crippen molar-refractivity contribution in [2.75, 3.05) is 7.11 Å². The molecule has 0 aliphatic rings. The summed E-state index contributed by atoms with van der Waals surface area (Å²) in [6.07, 6.45) is 0.545. The van der Waals surface area contributed by atoms with Gasteiger partial charge in [-0.25, -0.2) is 4.39 Å². The molecular formula is C15H16ClFN2O. The fraction of sp³-hybridized carbons (Fsp3) is 0.200. The van der Waals surface area contributed by atoms with E-state index in [0.29, 0.717) is 11.4 Å². The number of hydrogen-bond donors (Lipinski definition) is 2. The molecule has 0 bridgehead atoms. The van der Waals surface area contributed by atoms with E-state index in [0.717, 1.165) is 16.9 Å². The monoisotopic (exact) mass is 294 g/mol. The van der Waals surface area contributed by atoms with Gasteiger partial charge < -0.3 is 4.74 Å². The number of hydrazine groups is 1. The summed E-state index contributed by atoms with van der Waals surface area (Å²) in [6.45, 7) is 0. The van der Waals surface area contributed by atoms with Crippen LogP contribution in [-0.4, -0.2) is 7.11 Å². The van der Waals surface area contributed by atoms with E-state index in [1.54, 1.807) is 25.3 Å². The zero-order valence-corrected chi connectivity index (χ0v) is 11.8. The Morgan fingerprint density at radius 1 is 1.30 bits per heavy atom. The molecule has 2 rings (SSSR count). The van der Waals surface area contributed by atoms with Crippen molar-refractivity contribution in [2.45, 2.75) is 12.5 Å². The third-order valence-corrected chi connectivity index (χ3v) is 3.35. The summed E-state index contributed by atoms with van der Waals surface area (Å²) in [7, 11) is 1.60. The average Bonchev–Trinajstić information content (AvgIpc) is 2.45. The molecule has 3 N–H and O–H groups in total. The molecule has 0 saturated carbocycles. The van der Waals surface area contributed by atoms with Gasteiger partial charge in [0.1, 0.15) is 11.6 Å². The van der Waals surface area contributed by atoms with Crippen LogP contribution in [0.4, 0.5) is 4.39 Å². The molecule has 2 aromatic carbocycles. The maximum atomic E-state index is 13.3. The molecule has 3 nitrogen and oxygen atoms in total. The number of rotatable bonds is 5. The second-order valence-corrected chi connectivity index (χ2v) is 4.87. The number of halogens is 2. The van der Waals surface area contributed by atoms with E-state index in [2.05, 4.69) is 5.43 Å². The Morgan fingerprint density at radius 2 is 2.10 bits per heavy atom. The van der Waals surface area contributed by atoms with Crippen molar-refractivity contribution in [3.05, 3.63) is 64.4 Å². The van der Waals surface area contributed by atoms with Crippen molar-refractivity contribution < 1.29 is 9.13 Å². The van der Waals surface area contributed by atoms with Gasteiger partial charge in [0.15, 0.2) is 0 Å². The summed E-state index contributed by atoms with van der Waals surface area (Å²) in [4.78, 5) is 0. The van der Waals surface area contributed by atoms with E-state index in [1.807, 2.05) is 12.1 Å². The second-order valence-electron chi connectivity index (χ2n) is 4.43. The number of hydrogen-bond acceptors (Lipinski definition) is 3. The number of benzene rings is 2. The Bertz CT molecular complexity index is 592. The Hall–Kier alpha value is -1.62. The SMILES string of the molecule is COc1ccc(Cl)cc1CC(NN)c1cccc(F)c1. The Morgan fingerprint density at radius 3 is 2.75 bits per heavy atom. The molecule has 1 unspecified atom stereocenters. The lowest BCUT2D eigenvalue weighted by Gasteiger charge is -2.18. The van der Waals surface area contributed by atoms with Crippen LogP contribution in [0.5, 0.6) is 5.75 Å². The van der Waals surface area contributed by atoms with Crippen LogP contribution in [0.1, 0.15) is 17.2 Å². The van der Waals surface area contributed by atoms with Gasteiger partial charge in [-0.2, -0.15) is 0 Å². The highest BCUT2D eigenvalue weighted by Gasteiger charge is 2.14. The second kappa shape index (κ2) is 6.70. The summed E-state index contributed by atoms with van der Waals surface area (Å²) in [5.41, 5.74) is 4.38. The molecule has 0 aliphatic heterocycles. The van der Waals surface area contributed by atoms with Crippen LogP contribution >= 0.6 is 11.6 Å². The molecule has 2 aromatic rings. The number of ether oxygens (including phenoxy) is 1. The molecule has 0 radical (unpaired) electrons. The fourth-order valence-corrected chi connectivity index (χ4v) is 2.32. The van der Waals surface area contributed by atoms with Crippen LogP contribution in [0, 0.1) is 5.82 Å². The van der Waals surface area contributed by atoms with Gasteiger partial charge in [0, 0.05) is 5.02 Å². The molecule has 0 aliphatic carbocycles. The molecule has 0 aromatic heterocycles. The Kier molecular flexibility index (Phi) is 4.95. The molecule has 0 spiro atoms. The van der Waals surface area contributed by atoms with E-state index in [-0.39, 0.29) is 11.9 Å². The summed E-state index contributed by atoms with van der Waals surface area (Å²) in [5.74, 6) is 6.02. The first-order valence-corrected chi connectivity index (χ1v) is 6.56. The van der Waals surface area contributed by atoms with Crippen molar-refractivity contribution in [3.63, 3.8) is 0 Å². The lowest BCUT2D eigenvalue weighted by atomic mass is 9.98. The van der Waals surface area contributed by atoms with Crippen molar-refractivity contribution in [1.29, 1.82) is 0 Å². The van der Waals surface area contributed by atoms with Crippen molar-refractivity contribution in [3.8, 4) is 5.75 Å². The summed E-state index contributed by atoms with van der Waals surface area (Å²) in [6, 6.07) is 11.5. The minimum atomic E-state index is -0.291. The van der Waals surface area contributed by atoms with Gasteiger partial charge in [-0.1, -0.05) is 23.7 Å². The van der Waals surface area contributed by atoms with Gasteiger partial charge in [-0.15, -0.1) is 0 Å². The van der Waals surface area contributed by atoms with Crippen LogP contribution in [-0.2, 0) is 6.42 Å². The third kappa shape index (κ3) is 3.48. The molecular weight excluding hydrogens is 279 g/mol. The van der Waals surface area contributed by atoms with Gasteiger partial charge >= 0.3 is 0 Å². The van der Waals surface area contributed by atoms with Gasteiger partial charge in [0.05, 0.1) is 13.2 Å². The van der Waals surface area contributed by atoms with Crippen LogP contribution < -0.4 is 16.0 Å². The van der Waals surface area contributed by atoms with Crippen molar-refractivity contribution in [1.82, 2.24) is 5.43 Å². The highest BCUT2D eigenvalue weighted by Crippen LogP contribution is 2.27. The molecule has 106 valence electrons. The first-order valence-electron chi connectivity index (χ1n) is 6.18. The molecule has 0 heterocycles. The zero-order valence-electron chi connectivity index (χ0n) is 11.1. The lowest BCUT2D eigenvalue weighted by Crippen LogP contribution is -2.29. The van der Waals surface area contributed by atoms with Crippen molar-refractivity contribution in [2.24, 2.45) is 5.84 Å². The van der Waals surface area contributed by atoms with E-state index < -0.39 is 0 Å². The number of nitrogens with two attached hydrogens (primary N) is 1. The smallest absolute Gasteiger partial charge is 0.123 e. The quantitative estimate of drug-likeness (QED) is 0.657. The summed E-state index contributed by atoms with van der Waals surface area (Å²) >= 11 is 6.00. The highest BCUT2D eigenvalue weighted by molar-refractivity contribution is 6.30. The normalized spacial score (nSPS) is 12.2. The fourth-order valence-electron chi connectivity index (χ4n) is 2.12. The first kappa shape index (κ1) is 14.8. The molecule has 0 saturated heterocycles. The summed E-state index contributed by atoms with van der Waals surface area (Å²) in [5, 5.41) is 0.621. The lowest BCUT2D eigenvalue weighted by molar-refractivity contribution is 0.405. The summed E-state index contributed by atoms with van der Waals surface area (Å²) < 4.78 is 18.6. The minimum Gasteiger partial charge on any atom is -0.496 e. The van der Waals surface area contributed by atoms with Crippen molar-refractivity contribution >= 4 is 11.6 Å². The van der Waals surface area contributed by atoms with Crippen LogP contribution in [0.15, 0.2) is 42.5 Å². The Labute approximate surface area is 122 Å². The van der Waals surface area contributed by atoms with Gasteiger partial charge in [0.2, 0.25) is 0 Å².